The van der Waals surface area contributed by atoms with Crippen molar-refractivity contribution in [2.24, 2.45) is 7.05 Å². The smallest absolute Gasteiger partial charge is 0.404 e. The van der Waals surface area contributed by atoms with Crippen LogP contribution in [0, 0.1) is 0 Å². The SMILES string of the molecule is C[C@@H](CNc1nc(-c2ccc(C(C)(C)O)nc2)cc2ncn(C)c(=O)c12)NC(=O)O. The number of aryl methyl sites for hydroxylation is 1. The lowest BCUT2D eigenvalue weighted by Gasteiger charge is -2.17. The van der Waals surface area contributed by atoms with Crippen LogP contribution in [-0.4, -0.2) is 48.4 Å². The van der Waals surface area contributed by atoms with Crippen LogP contribution in [0.25, 0.3) is 22.2 Å². The number of hydrogen-bond donors (Lipinski definition) is 4. The van der Waals surface area contributed by atoms with Crippen molar-refractivity contribution in [3.8, 4) is 11.3 Å². The molecule has 0 unspecified atom stereocenters. The summed E-state index contributed by atoms with van der Waals surface area (Å²) in [7, 11) is 1.60. The molecular formula is C20H24N6O4. The van der Waals surface area contributed by atoms with E-state index in [-0.39, 0.29) is 12.1 Å². The van der Waals surface area contributed by atoms with Crippen molar-refractivity contribution in [2.45, 2.75) is 32.4 Å². The summed E-state index contributed by atoms with van der Waals surface area (Å²) in [6.07, 6.45) is 1.90. The number of aliphatic hydroxyl groups is 1. The molecule has 3 rings (SSSR count). The number of anilines is 1. The van der Waals surface area contributed by atoms with Crippen molar-refractivity contribution < 1.29 is 15.0 Å². The van der Waals surface area contributed by atoms with Gasteiger partial charge in [-0.05, 0) is 39.0 Å². The molecule has 0 spiro atoms. The van der Waals surface area contributed by atoms with Crippen molar-refractivity contribution >= 4 is 22.8 Å². The molecule has 3 aromatic rings. The molecule has 0 saturated heterocycles. The molecule has 3 aromatic heterocycles. The van der Waals surface area contributed by atoms with Gasteiger partial charge in [0.1, 0.15) is 16.8 Å². The molecule has 0 saturated carbocycles. The lowest BCUT2D eigenvalue weighted by Crippen LogP contribution is -2.36. The van der Waals surface area contributed by atoms with Gasteiger partial charge >= 0.3 is 6.09 Å². The lowest BCUT2D eigenvalue weighted by atomic mass is 10.0. The Morgan fingerprint density at radius 3 is 2.63 bits per heavy atom. The minimum atomic E-state index is -1.13. The van der Waals surface area contributed by atoms with Crippen LogP contribution >= 0.6 is 0 Å². The van der Waals surface area contributed by atoms with Gasteiger partial charge in [-0.25, -0.2) is 14.8 Å². The number of fused-ring (bicyclic) bond motifs is 1. The van der Waals surface area contributed by atoms with Crippen molar-refractivity contribution in [1.82, 2.24) is 24.8 Å². The van der Waals surface area contributed by atoms with Gasteiger partial charge in [0.2, 0.25) is 0 Å². The molecular weight excluding hydrogens is 388 g/mol. The number of rotatable bonds is 6. The summed E-state index contributed by atoms with van der Waals surface area (Å²) in [5.74, 6) is 0.307. The van der Waals surface area contributed by atoms with E-state index < -0.39 is 17.7 Å². The van der Waals surface area contributed by atoms with E-state index in [4.69, 9.17) is 5.11 Å². The van der Waals surface area contributed by atoms with E-state index >= 15 is 0 Å². The molecule has 0 bridgehead atoms. The third-order valence-corrected chi connectivity index (χ3v) is 4.53. The van der Waals surface area contributed by atoms with Crippen molar-refractivity contribution in [1.29, 1.82) is 0 Å². The van der Waals surface area contributed by atoms with Crippen LogP contribution in [0.15, 0.2) is 35.5 Å². The molecule has 0 aromatic carbocycles. The highest BCUT2D eigenvalue weighted by Gasteiger charge is 2.18. The molecule has 4 N–H and O–H groups in total. The highest BCUT2D eigenvalue weighted by molar-refractivity contribution is 5.91. The van der Waals surface area contributed by atoms with Crippen molar-refractivity contribution in [3.63, 3.8) is 0 Å². The van der Waals surface area contributed by atoms with Gasteiger partial charge in [-0.1, -0.05) is 0 Å². The number of nitrogens with zero attached hydrogens (tertiary/aromatic N) is 4. The number of amides is 1. The largest absolute Gasteiger partial charge is 0.465 e. The molecule has 10 heteroatoms. The normalized spacial score (nSPS) is 12.6. The Balaban J connectivity index is 2.05. The second-order valence-electron chi connectivity index (χ2n) is 7.63. The molecule has 0 aliphatic heterocycles. The highest BCUT2D eigenvalue weighted by Crippen LogP contribution is 2.26. The monoisotopic (exact) mass is 412 g/mol. The fourth-order valence-corrected chi connectivity index (χ4v) is 2.92. The maximum Gasteiger partial charge on any atom is 0.404 e. The van der Waals surface area contributed by atoms with E-state index in [1.165, 1.54) is 10.9 Å². The minimum absolute atomic E-state index is 0.228. The Kier molecular flexibility index (Phi) is 5.70. The van der Waals surface area contributed by atoms with E-state index in [1.807, 2.05) is 0 Å². The van der Waals surface area contributed by atoms with Crippen LogP contribution in [0.3, 0.4) is 0 Å². The molecule has 3 heterocycles. The van der Waals surface area contributed by atoms with Gasteiger partial charge in [0.25, 0.3) is 5.56 Å². The molecule has 0 fully saturated rings. The fourth-order valence-electron chi connectivity index (χ4n) is 2.92. The van der Waals surface area contributed by atoms with Gasteiger partial charge in [-0.15, -0.1) is 0 Å². The van der Waals surface area contributed by atoms with Gasteiger partial charge in [0.05, 0.1) is 23.2 Å². The molecule has 0 radical (unpaired) electrons. The van der Waals surface area contributed by atoms with Gasteiger partial charge in [0.15, 0.2) is 0 Å². The first-order chi connectivity index (χ1) is 14.1. The second kappa shape index (κ2) is 8.07. The molecule has 158 valence electrons. The average molecular weight is 412 g/mol. The van der Waals surface area contributed by atoms with Crippen molar-refractivity contribution in [2.75, 3.05) is 11.9 Å². The first kappa shape index (κ1) is 21.2. The maximum atomic E-state index is 12.7. The van der Waals surface area contributed by atoms with Gasteiger partial charge in [-0.3, -0.25) is 9.78 Å². The first-order valence-corrected chi connectivity index (χ1v) is 9.35. The maximum absolute atomic E-state index is 12.7. The van der Waals surface area contributed by atoms with Gasteiger partial charge in [0, 0.05) is 31.4 Å². The summed E-state index contributed by atoms with van der Waals surface area (Å²) in [6, 6.07) is 4.79. The number of carboxylic acid groups (broad SMARTS) is 1. The summed E-state index contributed by atoms with van der Waals surface area (Å²) in [5.41, 5.74) is 0.868. The molecule has 0 aliphatic carbocycles. The van der Waals surface area contributed by atoms with E-state index in [2.05, 4.69) is 25.6 Å². The van der Waals surface area contributed by atoms with E-state index in [1.54, 1.807) is 52.2 Å². The van der Waals surface area contributed by atoms with Crippen LogP contribution in [0.2, 0.25) is 0 Å². The highest BCUT2D eigenvalue weighted by atomic mass is 16.4. The summed E-state index contributed by atoms with van der Waals surface area (Å²) in [4.78, 5) is 36.7. The average Bonchev–Trinajstić information content (AvgIpc) is 2.67. The van der Waals surface area contributed by atoms with E-state index in [9.17, 15) is 14.7 Å². The zero-order valence-electron chi connectivity index (χ0n) is 17.2. The second-order valence-corrected chi connectivity index (χ2v) is 7.63. The third kappa shape index (κ3) is 4.54. The Bertz CT molecular complexity index is 1130. The van der Waals surface area contributed by atoms with Crippen LogP contribution in [0.5, 0.6) is 0 Å². The molecule has 1 atom stereocenters. The number of aromatic nitrogens is 4. The predicted octanol–water partition coefficient (Wildman–Crippen LogP) is 1.69. The first-order valence-electron chi connectivity index (χ1n) is 9.35. The Labute approximate surface area is 172 Å². The fraction of sp³-hybridized carbons (Fsp3) is 0.350. The number of nitrogens with one attached hydrogen (secondary N) is 2. The molecule has 1 amide bonds. The lowest BCUT2D eigenvalue weighted by molar-refractivity contribution is 0.0739. The quantitative estimate of drug-likeness (QED) is 0.479. The number of hydrogen-bond acceptors (Lipinski definition) is 7. The topological polar surface area (TPSA) is 142 Å². The Morgan fingerprint density at radius 2 is 2.03 bits per heavy atom. The molecule has 10 nitrogen and oxygen atoms in total. The zero-order chi connectivity index (χ0) is 22.1. The summed E-state index contributed by atoms with van der Waals surface area (Å²) in [5, 5.41) is 24.7. The van der Waals surface area contributed by atoms with Crippen molar-refractivity contribution in [3.05, 3.63) is 46.8 Å². The van der Waals surface area contributed by atoms with Gasteiger partial charge in [-0.2, -0.15) is 0 Å². The summed E-state index contributed by atoms with van der Waals surface area (Å²) >= 11 is 0. The third-order valence-electron chi connectivity index (χ3n) is 4.53. The zero-order valence-corrected chi connectivity index (χ0v) is 17.2. The Morgan fingerprint density at radius 1 is 1.30 bits per heavy atom. The standard InChI is InChI=1S/C20H24N6O4/c1-11(24-19(28)29)8-22-17-16-14(23-10-26(4)18(16)27)7-13(25-17)12-5-6-15(21-9-12)20(2,3)30/h5-7,9-11,24,30H,8H2,1-4H3,(H,22,25)(H,28,29)/t11-/m0/s1. The van der Waals surface area contributed by atoms with Crippen LogP contribution in [0.4, 0.5) is 10.6 Å². The summed E-state index contributed by atoms with van der Waals surface area (Å²) < 4.78 is 1.35. The Hall–Kier alpha value is -3.53. The molecule has 0 aliphatic rings. The van der Waals surface area contributed by atoms with Crippen LogP contribution < -0.4 is 16.2 Å². The minimum Gasteiger partial charge on any atom is -0.465 e. The van der Waals surface area contributed by atoms with Crippen LogP contribution in [-0.2, 0) is 12.6 Å². The van der Waals surface area contributed by atoms with Crippen LogP contribution in [0.1, 0.15) is 26.5 Å². The summed E-state index contributed by atoms with van der Waals surface area (Å²) in [6.45, 7) is 5.23. The number of carbonyl (C=O) groups is 1. The van der Waals surface area contributed by atoms with E-state index in [0.29, 0.717) is 33.7 Å². The number of pyridine rings is 2. The van der Waals surface area contributed by atoms with Gasteiger partial charge < -0.3 is 25.4 Å². The van der Waals surface area contributed by atoms with E-state index in [0.717, 1.165) is 0 Å². The molecule has 30 heavy (non-hydrogen) atoms. The predicted molar refractivity (Wildman–Crippen MR) is 112 cm³/mol.